The molecule has 1 aromatic rings. The van der Waals surface area contributed by atoms with Gasteiger partial charge in [0.15, 0.2) is 11.6 Å². The van der Waals surface area contributed by atoms with Crippen molar-refractivity contribution in [3.63, 3.8) is 0 Å². The van der Waals surface area contributed by atoms with Gasteiger partial charge in [-0.1, -0.05) is 6.07 Å². The summed E-state index contributed by atoms with van der Waals surface area (Å²) in [5.74, 6) is -0.605. The van der Waals surface area contributed by atoms with E-state index in [1.807, 2.05) is 21.0 Å². The normalized spacial score (nSPS) is 30.5. The van der Waals surface area contributed by atoms with E-state index in [9.17, 15) is 14.7 Å². The minimum atomic E-state index is -0.444. The number of hydrogen-bond acceptors (Lipinski definition) is 6. The smallest absolute Gasteiger partial charge is 0.196 e. The number of ketones is 2. The third kappa shape index (κ3) is 3.00. The molecule has 4 atom stereocenters. The van der Waals surface area contributed by atoms with Gasteiger partial charge in [-0.25, -0.2) is 0 Å². The highest BCUT2D eigenvalue weighted by Crippen LogP contribution is 2.43. The fourth-order valence-electron chi connectivity index (χ4n) is 4.68. The molecule has 0 spiro atoms. The van der Waals surface area contributed by atoms with Crippen molar-refractivity contribution < 1.29 is 24.2 Å². The van der Waals surface area contributed by atoms with Gasteiger partial charge in [0.1, 0.15) is 5.75 Å². The van der Waals surface area contributed by atoms with Gasteiger partial charge in [0.25, 0.3) is 0 Å². The van der Waals surface area contributed by atoms with Crippen molar-refractivity contribution >= 4 is 11.6 Å². The molecule has 28 heavy (non-hydrogen) atoms. The molecule has 1 aliphatic carbocycles. The van der Waals surface area contributed by atoms with E-state index in [2.05, 4.69) is 4.90 Å². The first-order valence-corrected chi connectivity index (χ1v) is 9.91. The zero-order valence-corrected chi connectivity index (χ0v) is 16.8. The Morgan fingerprint density at radius 3 is 2.57 bits per heavy atom. The van der Waals surface area contributed by atoms with Crippen LogP contribution in [0.2, 0.25) is 0 Å². The number of fused-ring (bicyclic) bond motifs is 1. The Bertz CT molecular complexity index is 872. The summed E-state index contributed by atoms with van der Waals surface area (Å²) in [6.45, 7) is 4.22. The molecule has 3 unspecified atom stereocenters. The predicted octanol–water partition coefficient (Wildman–Crippen LogP) is 3.05. The van der Waals surface area contributed by atoms with E-state index >= 15 is 0 Å². The van der Waals surface area contributed by atoms with Crippen LogP contribution in [-0.2, 0) is 9.47 Å². The first-order chi connectivity index (χ1) is 13.3. The molecule has 0 saturated carbocycles. The number of carbonyl (C=O) groups is 2. The van der Waals surface area contributed by atoms with Crippen molar-refractivity contribution in [2.45, 2.75) is 57.5 Å². The largest absolute Gasteiger partial charge is 0.507 e. The van der Waals surface area contributed by atoms with Crippen LogP contribution < -0.4 is 0 Å². The molecule has 1 N–H and O–H groups in total. The summed E-state index contributed by atoms with van der Waals surface area (Å²) in [6.07, 6.45) is 1.34. The highest BCUT2D eigenvalue weighted by molar-refractivity contribution is 6.28. The van der Waals surface area contributed by atoms with E-state index in [-0.39, 0.29) is 40.7 Å². The van der Waals surface area contributed by atoms with Crippen molar-refractivity contribution in [3.05, 3.63) is 40.0 Å². The number of aromatic hydroxyl groups is 1. The summed E-state index contributed by atoms with van der Waals surface area (Å²) in [5, 5.41) is 11.0. The molecule has 0 aromatic heterocycles. The van der Waals surface area contributed by atoms with Crippen LogP contribution in [0.5, 0.6) is 5.75 Å². The number of phenolic OH excluding ortho intramolecular Hbond substituents is 1. The summed E-state index contributed by atoms with van der Waals surface area (Å²) in [5.41, 5.74) is 1.87. The quantitative estimate of drug-likeness (QED) is 0.843. The predicted molar refractivity (Wildman–Crippen MR) is 104 cm³/mol. The minimum absolute atomic E-state index is 0.0417. The number of carbonyl (C=O) groups excluding carboxylic acids is 2. The summed E-state index contributed by atoms with van der Waals surface area (Å²) < 4.78 is 11.7. The summed E-state index contributed by atoms with van der Waals surface area (Å²) >= 11 is 0. The van der Waals surface area contributed by atoms with Crippen LogP contribution in [0.4, 0.5) is 0 Å². The van der Waals surface area contributed by atoms with Gasteiger partial charge in [-0.15, -0.1) is 0 Å². The fourth-order valence-corrected chi connectivity index (χ4v) is 4.68. The number of nitrogens with zero attached hydrogens (tertiary/aromatic N) is 1. The molecule has 2 aliphatic heterocycles. The van der Waals surface area contributed by atoms with E-state index in [1.165, 1.54) is 0 Å². The van der Waals surface area contributed by atoms with Crippen LogP contribution in [0, 0.1) is 0 Å². The van der Waals surface area contributed by atoms with Gasteiger partial charge >= 0.3 is 0 Å². The Balaban J connectivity index is 1.76. The molecule has 6 heteroatoms. The third-order valence-electron chi connectivity index (χ3n) is 6.22. The van der Waals surface area contributed by atoms with Gasteiger partial charge in [0, 0.05) is 34.7 Å². The van der Waals surface area contributed by atoms with E-state index in [0.29, 0.717) is 35.8 Å². The monoisotopic (exact) mass is 385 g/mol. The van der Waals surface area contributed by atoms with Gasteiger partial charge in [-0.3, -0.25) is 9.59 Å². The molecule has 2 heterocycles. The first kappa shape index (κ1) is 19.3. The van der Waals surface area contributed by atoms with Gasteiger partial charge in [-0.2, -0.15) is 0 Å². The van der Waals surface area contributed by atoms with Gasteiger partial charge < -0.3 is 19.5 Å². The van der Waals surface area contributed by atoms with Crippen molar-refractivity contribution in [2.24, 2.45) is 0 Å². The Morgan fingerprint density at radius 1 is 1.11 bits per heavy atom. The van der Waals surface area contributed by atoms with Crippen LogP contribution in [-0.4, -0.2) is 60.5 Å². The zero-order valence-electron chi connectivity index (χ0n) is 16.8. The van der Waals surface area contributed by atoms with Gasteiger partial charge in [0.05, 0.1) is 30.5 Å². The second kappa shape index (κ2) is 7.10. The van der Waals surface area contributed by atoms with Crippen LogP contribution in [0.3, 0.4) is 0 Å². The standard InChI is InChI=1S/C22H27NO5/c1-11-9-13(23(3)4)10-17(28-11)14-5-6-15-19(21(14)25)22(26)18-12(2)27-8-7-16(18)20(15)24/h5-6,11-13,17,25H,7-10H2,1-4H3/t11?,12?,13-,17?/m0/s1. The summed E-state index contributed by atoms with van der Waals surface area (Å²) in [6, 6.07) is 3.73. The van der Waals surface area contributed by atoms with Crippen molar-refractivity contribution in [1.29, 1.82) is 0 Å². The maximum Gasteiger partial charge on any atom is 0.196 e. The van der Waals surface area contributed by atoms with Crippen LogP contribution in [0.15, 0.2) is 23.3 Å². The highest BCUT2D eigenvalue weighted by Gasteiger charge is 2.40. The molecule has 1 fully saturated rings. The Morgan fingerprint density at radius 2 is 1.86 bits per heavy atom. The van der Waals surface area contributed by atoms with Crippen molar-refractivity contribution in [1.82, 2.24) is 4.90 Å². The topological polar surface area (TPSA) is 76.1 Å². The first-order valence-electron chi connectivity index (χ1n) is 9.91. The Hall–Kier alpha value is -2.02. The lowest BCUT2D eigenvalue weighted by atomic mass is 9.78. The summed E-state index contributed by atoms with van der Waals surface area (Å²) in [4.78, 5) is 28.3. The number of phenols is 1. The molecule has 0 bridgehead atoms. The number of benzene rings is 1. The van der Waals surface area contributed by atoms with Crippen LogP contribution in [0.25, 0.3) is 0 Å². The maximum atomic E-state index is 13.2. The second-order valence-electron chi connectivity index (χ2n) is 8.26. The third-order valence-corrected chi connectivity index (χ3v) is 6.22. The molecule has 4 rings (SSSR count). The SMILES string of the molecule is CC1C[C@H](N(C)C)CC(c2ccc3c(c2O)C(=O)C2=C(CCOC2C)C3=O)O1. The molecule has 0 amide bonds. The zero-order chi connectivity index (χ0) is 20.2. The molecule has 6 nitrogen and oxygen atoms in total. The molecule has 150 valence electrons. The van der Waals surface area contributed by atoms with E-state index in [1.54, 1.807) is 19.1 Å². The Labute approximate surface area is 165 Å². The van der Waals surface area contributed by atoms with Crippen LogP contribution in [0.1, 0.15) is 65.5 Å². The molecular formula is C22H27NO5. The number of Topliss-reactive ketones (excluding diaryl/α,β-unsaturated/α-hetero) is 2. The summed E-state index contributed by atoms with van der Waals surface area (Å²) in [7, 11) is 4.07. The van der Waals surface area contributed by atoms with E-state index < -0.39 is 6.10 Å². The van der Waals surface area contributed by atoms with E-state index in [0.717, 1.165) is 12.8 Å². The number of rotatable bonds is 2. The van der Waals surface area contributed by atoms with Crippen molar-refractivity contribution in [3.8, 4) is 5.75 Å². The molecule has 3 aliphatic rings. The fraction of sp³-hybridized carbons (Fsp3) is 0.545. The van der Waals surface area contributed by atoms with Crippen molar-refractivity contribution in [2.75, 3.05) is 20.7 Å². The average Bonchev–Trinajstić information content (AvgIpc) is 2.65. The lowest BCUT2D eigenvalue weighted by molar-refractivity contribution is -0.0698. The number of hydrogen-bond donors (Lipinski definition) is 1. The lowest BCUT2D eigenvalue weighted by Crippen LogP contribution is -2.38. The molecular weight excluding hydrogens is 358 g/mol. The van der Waals surface area contributed by atoms with Gasteiger partial charge in [0.2, 0.25) is 0 Å². The molecule has 0 radical (unpaired) electrons. The van der Waals surface area contributed by atoms with Gasteiger partial charge in [-0.05, 0) is 46.9 Å². The minimum Gasteiger partial charge on any atom is -0.507 e. The Kier molecular flexibility index (Phi) is 4.89. The number of ether oxygens (including phenoxy) is 2. The van der Waals surface area contributed by atoms with E-state index in [4.69, 9.17) is 9.47 Å². The molecule has 1 saturated heterocycles. The maximum absolute atomic E-state index is 13.2. The highest BCUT2D eigenvalue weighted by atomic mass is 16.5. The lowest BCUT2D eigenvalue weighted by Gasteiger charge is -2.38. The molecule has 1 aromatic carbocycles. The average molecular weight is 385 g/mol. The van der Waals surface area contributed by atoms with Crippen LogP contribution >= 0.6 is 0 Å². The second-order valence-corrected chi connectivity index (χ2v) is 8.26.